The Labute approximate surface area is 243 Å². The number of nitrogens with zero attached hydrogens (tertiary/aromatic N) is 1. The number of amides is 3. The van der Waals surface area contributed by atoms with Crippen molar-refractivity contribution < 1.29 is 19.1 Å². The van der Waals surface area contributed by atoms with E-state index in [1.807, 2.05) is 77.0 Å². The molecule has 0 aliphatic rings. The molecule has 0 radical (unpaired) electrons. The van der Waals surface area contributed by atoms with Gasteiger partial charge in [0.05, 0.1) is 0 Å². The van der Waals surface area contributed by atoms with Gasteiger partial charge in [-0.25, -0.2) is 0 Å². The fraction of sp³-hybridized carbons (Fsp3) is 0.364. The quantitative estimate of drug-likeness (QED) is 0.289. The fourth-order valence-corrected chi connectivity index (χ4v) is 4.09. The molecule has 3 aromatic carbocycles. The molecule has 3 amide bonds. The number of carbonyl (C=O) groups excluding carboxylic acids is 3. The Morgan fingerprint density at radius 2 is 1.56 bits per heavy atom. The Hall–Kier alpha value is -4.17. The lowest BCUT2D eigenvalue weighted by Gasteiger charge is -2.26. The van der Waals surface area contributed by atoms with Crippen molar-refractivity contribution in [1.29, 1.82) is 0 Å². The molecule has 0 spiro atoms. The molecule has 3 aromatic rings. The highest BCUT2D eigenvalue weighted by Gasteiger charge is 2.27. The fourth-order valence-electron chi connectivity index (χ4n) is 4.09. The van der Waals surface area contributed by atoms with Crippen LogP contribution in [0, 0.1) is 12.3 Å². The molecule has 0 aliphatic heterocycles. The topological polar surface area (TPSA) is 99.8 Å². The van der Waals surface area contributed by atoms with E-state index in [2.05, 4.69) is 16.0 Å². The minimum absolute atomic E-state index is 0.189. The molecule has 0 fully saturated rings. The van der Waals surface area contributed by atoms with Crippen molar-refractivity contribution in [1.82, 2.24) is 15.5 Å². The standard InChI is InChI=1S/C33H42N4O4/c1-23-10-14-27(15-11-23)35-32(40)29(21-33(2,3)4)36-31(39)26-9-7-8-24(20-26)22-34-30(38)25-12-16-28(17-13-25)41-19-18-37(5)6/h7-17,20,29H,18-19,21-22H2,1-6H3,(H,34,38)(H,35,40)(H,36,39)/t29-/m0/s1. The molecule has 0 heterocycles. The van der Waals surface area contributed by atoms with Crippen LogP contribution in [0.1, 0.15) is 59.0 Å². The van der Waals surface area contributed by atoms with Gasteiger partial charge >= 0.3 is 0 Å². The molecule has 3 N–H and O–H groups in total. The summed E-state index contributed by atoms with van der Waals surface area (Å²) in [7, 11) is 3.96. The average Bonchev–Trinajstić information content (AvgIpc) is 2.92. The van der Waals surface area contributed by atoms with Gasteiger partial charge in [0, 0.05) is 29.9 Å². The van der Waals surface area contributed by atoms with E-state index in [4.69, 9.17) is 4.74 Å². The summed E-state index contributed by atoms with van der Waals surface area (Å²) in [6.07, 6.45) is 0.464. The van der Waals surface area contributed by atoms with Crippen LogP contribution in [0.4, 0.5) is 5.69 Å². The van der Waals surface area contributed by atoms with Gasteiger partial charge in [0.2, 0.25) is 5.91 Å². The van der Waals surface area contributed by atoms with E-state index >= 15 is 0 Å². The molecule has 0 aliphatic carbocycles. The molecule has 8 nitrogen and oxygen atoms in total. The van der Waals surface area contributed by atoms with Crippen molar-refractivity contribution in [3.8, 4) is 5.75 Å². The Morgan fingerprint density at radius 1 is 0.878 bits per heavy atom. The molecule has 0 bridgehead atoms. The van der Waals surface area contributed by atoms with Crippen LogP contribution in [-0.4, -0.2) is 55.9 Å². The van der Waals surface area contributed by atoms with Crippen LogP contribution in [-0.2, 0) is 11.3 Å². The van der Waals surface area contributed by atoms with E-state index < -0.39 is 6.04 Å². The van der Waals surface area contributed by atoms with E-state index in [0.29, 0.717) is 35.6 Å². The Morgan fingerprint density at radius 3 is 2.20 bits per heavy atom. The van der Waals surface area contributed by atoms with Gasteiger partial charge in [0.15, 0.2) is 0 Å². The molecule has 0 saturated carbocycles. The zero-order valence-corrected chi connectivity index (χ0v) is 24.9. The molecule has 1 atom stereocenters. The normalized spacial score (nSPS) is 12.0. The second kappa shape index (κ2) is 14.5. The molecular weight excluding hydrogens is 516 g/mol. The lowest BCUT2D eigenvalue weighted by Crippen LogP contribution is -2.45. The summed E-state index contributed by atoms with van der Waals surface area (Å²) in [5.74, 6) is -0.136. The number of hydrogen-bond acceptors (Lipinski definition) is 5. The summed E-state index contributed by atoms with van der Waals surface area (Å²) in [5, 5.41) is 8.73. The second-order valence-electron chi connectivity index (χ2n) is 11.7. The Kier molecular flexibility index (Phi) is 11.1. The highest BCUT2D eigenvalue weighted by Crippen LogP contribution is 2.22. The predicted molar refractivity (Wildman–Crippen MR) is 163 cm³/mol. The number of anilines is 1. The molecule has 41 heavy (non-hydrogen) atoms. The summed E-state index contributed by atoms with van der Waals surface area (Å²) < 4.78 is 5.68. The number of nitrogens with one attached hydrogen (secondary N) is 3. The molecular formula is C33H42N4O4. The third-order valence-electron chi connectivity index (χ3n) is 6.32. The van der Waals surface area contributed by atoms with Crippen LogP contribution in [0.3, 0.4) is 0 Å². The van der Waals surface area contributed by atoms with Gasteiger partial charge in [-0.2, -0.15) is 0 Å². The van der Waals surface area contributed by atoms with Crippen LogP contribution in [0.15, 0.2) is 72.8 Å². The molecule has 3 rings (SSSR count). The number of likely N-dealkylation sites (N-methyl/N-ethyl adjacent to an activating group) is 1. The van der Waals surface area contributed by atoms with E-state index in [1.54, 1.807) is 42.5 Å². The van der Waals surface area contributed by atoms with Crippen molar-refractivity contribution >= 4 is 23.4 Å². The SMILES string of the molecule is Cc1ccc(NC(=O)[C@H](CC(C)(C)C)NC(=O)c2cccc(CNC(=O)c3ccc(OCCN(C)C)cc3)c2)cc1. The maximum Gasteiger partial charge on any atom is 0.251 e. The van der Waals surface area contributed by atoms with Gasteiger partial charge < -0.3 is 25.6 Å². The van der Waals surface area contributed by atoms with Crippen molar-refractivity contribution in [2.24, 2.45) is 5.41 Å². The van der Waals surface area contributed by atoms with Crippen molar-refractivity contribution in [3.63, 3.8) is 0 Å². The number of aryl methyl sites for hydroxylation is 1. The van der Waals surface area contributed by atoms with Gasteiger partial charge in [0.25, 0.3) is 11.8 Å². The first-order chi connectivity index (χ1) is 19.4. The largest absolute Gasteiger partial charge is 0.492 e. The van der Waals surface area contributed by atoms with E-state index in [1.165, 1.54) is 0 Å². The highest BCUT2D eigenvalue weighted by molar-refractivity contribution is 6.01. The predicted octanol–water partition coefficient (Wildman–Crippen LogP) is 5.04. The number of carbonyl (C=O) groups is 3. The smallest absolute Gasteiger partial charge is 0.251 e. The zero-order valence-electron chi connectivity index (χ0n) is 24.9. The zero-order chi connectivity index (χ0) is 30.0. The van der Waals surface area contributed by atoms with Crippen molar-refractivity contribution in [2.45, 2.75) is 46.7 Å². The Balaban J connectivity index is 1.60. The van der Waals surface area contributed by atoms with Gasteiger partial charge in [-0.15, -0.1) is 0 Å². The molecule has 0 saturated heterocycles. The van der Waals surface area contributed by atoms with Crippen LogP contribution >= 0.6 is 0 Å². The second-order valence-corrected chi connectivity index (χ2v) is 11.7. The van der Waals surface area contributed by atoms with Gasteiger partial charge in [-0.3, -0.25) is 14.4 Å². The molecule has 0 aromatic heterocycles. The molecule has 0 unspecified atom stereocenters. The van der Waals surface area contributed by atoms with Crippen LogP contribution < -0.4 is 20.7 Å². The van der Waals surface area contributed by atoms with Gasteiger partial charge in [0.1, 0.15) is 18.4 Å². The first-order valence-corrected chi connectivity index (χ1v) is 13.8. The Bertz CT molecular complexity index is 1310. The first-order valence-electron chi connectivity index (χ1n) is 13.8. The minimum atomic E-state index is -0.720. The third kappa shape index (κ3) is 10.7. The summed E-state index contributed by atoms with van der Waals surface area (Å²) in [4.78, 5) is 41.1. The maximum atomic E-state index is 13.2. The van der Waals surface area contributed by atoms with E-state index in [0.717, 1.165) is 17.7 Å². The number of hydrogen-bond donors (Lipinski definition) is 3. The summed E-state index contributed by atoms with van der Waals surface area (Å²) >= 11 is 0. The summed E-state index contributed by atoms with van der Waals surface area (Å²) in [6, 6.07) is 20.8. The van der Waals surface area contributed by atoms with E-state index in [-0.39, 0.29) is 29.7 Å². The molecule has 8 heteroatoms. The lowest BCUT2D eigenvalue weighted by atomic mass is 9.87. The van der Waals surface area contributed by atoms with Gasteiger partial charge in [-0.05, 0) is 86.9 Å². The number of ether oxygens (including phenoxy) is 1. The van der Waals surface area contributed by atoms with Crippen molar-refractivity contribution in [2.75, 3.05) is 32.6 Å². The highest BCUT2D eigenvalue weighted by atomic mass is 16.5. The molecule has 218 valence electrons. The van der Waals surface area contributed by atoms with Crippen LogP contribution in [0.25, 0.3) is 0 Å². The number of benzene rings is 3. The van der Waals surface area contributed by atoms with Crippen LogP contribution in [0.5, 0.6) is 5.75 Å². The summed E-state index contributed by atoms with van der Waals surface area (Å²) in [6.45, 7) is 9.68. The van der Waals surface area contributed by atoms with Gasteiger partial charge in [-0.1, -0.05) is 50.6 Å². The monoisotopic (exact) mass is 558 g/mol. The van der Waals surface area contributed by atoms with E-state index in [9.17, 15) is 14.4 Å². The average molecular weight is 559 g/mol. The number of rotatable bonds is 12. The summed E-state index contributed by atoms with van der Waals surface area (Å²) in [5.41, 5.74) is 3.29. The van der Waals surface area contributed by atoms with Crippen LogP contribution in [0.2, 0.25) is 0 Å². The third-order valence-corrected chi connectivity index (χ3v) is 6.32. The lowest BCUT2D eigenvalue weighted by molar-refractivity contribution is -0.118. The first kappa shape index (κ1) is 31.4. The van der Waals surface area contributed by atoms with Crippen molar-refractivity contribution in [3.05, 3.63) is 95.1 Å². The maximum absolute atomic E-state index is 13.2. The minimum Gasteiger partial charge on any atom is -0.492 e.